The summed E-state index contributed by atoms with van der Waals surface area (Å²) in [4.78, 5) is 65.5. The molecule has 0 aliphatic carbocycles. The van der Waals surface area contributed by atoms with Crippen LogP contribution in [0.2, 0.25) is 0 Å². The van der Waals surface area contributed by atoms with Gasteiger partial charge in [-0.25, -0.2) is 0 Å². The van der Waals surface area contributed by atoms with Crippen LogP contribution in [-0.4, -0.2) is 70.5 Å². The predicted molar refractivity (Wildman–Crippen MR) is 82.4 cm³/mol. The molecule has 0 aliphatic rings. The molecule has 0 rings (SSSR count). The van der Waals surface area contributed by atoms with E-state index in [1.165, 1.54) is 0 Å². The second-order valence-electron chi connectivity index (χ2n) is 5.16. The van der Waals surface area contributed by atoms with Gasteiger partial charge < -0.3 is 29.5 Å². The highest BCUT2D eigenvalue weighted by Gasteiger charge is 2.20. The van der Waals surface area contributed by atoms with Gasteiger partial charge in [0.15, 0.2) is 6.10 Å². The van der Waals surface area contributed by atoms with Crippen molar-refractivity contribution in [3.63, 3.8) is 0 Å². The molecule has 0 unspecified atom stereocenters. The maximum atomic E-state index is 11.6. The quantitative estimate of drug-likeness (QED) is 0.256. The molecule has 12 heteroatoms. The van der Waals surface area contributed by atoms with E-state index in [0.29, 0.717) is 0 Å². The number of aliphatic carboxylic acids is 3. The Hall–Kier alpha value is -3.18. The number of ether oxygens (including phenoxy) is 3. The molecule has 27 heavy (non-hydrogen) atoms. The van der Waals surface area contributed by atoms with E-state index in [2.05, 4.69) is 0 Å². The first kappa shape index (κ1) is 23.8. The Morgan fingerprint density at radius 2 is 0.889 bits per heavy atom. The molecule has 0 aromatic rings. The van der Waals surface area contributed by atoms with Crippen LogP contribution < -0.4 is 0 Å². The Bertz CT molecular complexity index is 533. The number of hydrogen-bond acceptors (Lipinski definition) is 9. The first-order valence-corrected chi connectivity index (χ1v) is 7.76. The van der Waals surface area contributed by atoms with Crippen LogP contribution >= 0.6 is 0 Å². The molecule has 152 valence electrons. The highest BCUT2D eigenvalue weighted by atomic mass is 16.6. The Balaban J connectivity index is 4.54. The van der Waals surface area contributed by atoms with Crippen molar-refractivity contribution in [3.8, 4) is 0 Å². The highest BCUT2D eigenvalue weighted by Crippen LogP contribution is 2.04. The molecule has 0 amide bonds. The van der Waals surface area contributed by atoms with E-state index in [4.69, 9.17) is 29.5 Å². The normalized spacial score (nSPS) is 10.1. The largest absolute Gasteiger partial charge is 0.481 e. The number of carboxylic acid groups (broad SMARTS) is 3. The SMILES string of the molecule is O=C(O)CCC(=O)OCC(COC(=O)CCC(=O)O)OC(=O)CCC(=O)O. The third kappa shape index (κ3) is 14.8. The first-order chi connectivity index (χ1) is 12.6. The summed E-state index contributed by atoms with van der Waals surface area (Å²) in [5.74, 6) is -6.37. The molecule has 0 bridgehead atoms. The summed E-state index contributed by atoms with van der Waals surface area (Å²) in [6, 6.07) is 0. The van der Waals surface area contributed by atoms with Crippen LogP contribution in [0.25, 0.3) is 0 Å². The molecular formula is C15H20O12. The van der Waals surface area contributed by atoms with Crippen LogP contribution in [0, 0.1) is 0 Å². The number of carboxylic acids is 3. The van der Waals surface area contributed by atoms with Gasteiger partial charge in [0.2, 0.25) is 0 Å². The van der Waals surface area contributed by atoms with Gasteiger partial charge in [0, 0.05) is 0 Å². The highest BCUT2D eigenvalue weighted by molar-refractivity contribution is 5.78. The van der Waals surface area contributed by atoms with Crippen LogP contribution in [0.3, 0.4) is 0 Å². The fourth-order valence-corrected chi connectivity index (χ4v) is 1.50. The van der Waals surface area contributed by atoms with Gasteiger partial charge in [0.1, 0.15) is 13.2 Å². The summed E-state index contributed by atoms with van der Waals surface area (Å²) in [6.45, 7) is -1.10. The van der Waals surface area contributed by atoms with Gasteiger partial charge in [-0.15, -0.1) is 0 Å². The molecule has 3 N–H and O–H groups in total. The second kappa shape index (κ2) is 13.1. The third-order valence-electron chi connectivity index (χ3n) is 2.79. The van der Waals surface area contributed by atoms with Gasteiger partial charge in [-0.1, -0.05) is 0 Å². The van der Waals surface area contributed by atoms with Crippen molar-refractivity contribution in [2.75, 3.05) is 13.2 Å². The molecule has 0 radical (unpaired) electrons. The Kier molecular flexibility index (Phi) is 11.5. The number of carbonyl (C=O) groups is 6. The molecule has 0 aromatic heterocycles. The lowest BCUT2D eigenvalue weighted by molar-refractivity contribution is -0.167. The number of hydrogen-bond donors (Lipinski definition) is 3. The Morgan fingerprint density at radius 3 is 1.22 bits per heavy atom. The van der Waals surface area contributed by atoms with Crippen LogP contribution in [0.1, 0.15) is 38.5 Å². The minimum absolute atomic E-state index is 0.423. The van der Waals surface area contributed by atoms with Crippen molar-refractivity contribution in [1.29, 1.82) is 0 Å². The van der Waals surface area contributed by atoms with Crippen molar-refractivity contribution in [1.82, 2.24) is 0 Å². The number of rotatable bonds is 14. The van der Waals surface area contributed by atoms with E-state index in [9.17, 15) is 28.8 Å². The standard InChI is InChI=1S/C15H20O12/c16-10(17)1-4-13(22)25-7-9(27-15(24)6-3-12(20)21)8-26-14(23)5-2-11(18)19/h9H,1-8H2,(H,16,17)(H,18,19)(H,20,21). The lowest BCUT2D eigenvalue weighted by atomic mass is 10.3. The first-order valence-electron chi connectivity index (χ1n) is 7.76. The van der Waals surface area contributed by atoms with Crippen molar-refractivity contribution in [3.05, 3.63) is 0 Å². The van der Waals surface area contributed by atoms with Gasteiger partial charge >= 0.3 is 35.8 Å². The molecule has 0 fully saturated rings. The molecule has 0 spiro atoms. The van der Waals surface area contributed by atoms with E-state index in [1.54, 1.807) is 0 Å². The predicted octanol–water partition coefficient (Wildman–Crippen LogP) is -0.421. The number of carbonyl (C=O) groups excluding carboxylic acids is 3. The molecule has 0 atom stereocenters. The van der Waals surface area contributed by atoms with Crippen LogP contribution in [0.15, 0.2) is 0 Å². The van der Waals surface area contributed by atoms with E-state index < -0.39 is 93.7 Å². The van der Waals surface area contributed by atoms with Gasteiger partial charge in [-0.05, 0) is 0 Å². The van der Waals surface area contributed by atoms with Crippen molar-refractivity contribution < 1.29 is 58.3 Å². The molecule has 0 saturated carbocycles. The van der Waals surface area contributed by atoms with E-state index in [1.807, 2.05) is 0 Å². The molecule has 0 heterocycles. The lowest BCUT2D eigenvalue weighted by Gasteiger charge is -2.18. The molecule has 0 aromatic carbocycles. The topological polar surface area (TPSA) is 191 Å². The summed E-state index contributed by atoms with van der Waals surface area (Å²) >= 11 is 0. The fourth-order valence-electron chi connectivity index (χ4n) is 1.50. The Morgan fingerprint density at radius 1 is 0.556 bits per heavy atom. The monoisotopic (exact) mass is 392 g/mol. The van der Waals surface area contributed by atoms with Gasteiger partial charge in [-0.3, -0.25) is 28.8 Å². The van der Waals surface area contributed by atoms with Crippen LogP contribution in [0.4, 0.5) is 0 Å². The van der Waals surface area contributed by atoms with E-state index in [-0.39, 0.29) is 0 Å². The van der Waals surface area contributed by atoms with Crippen molar-refractivity contribution >= 4 is 35.8 Å². The van der Waals surface area contributed by atoms with Crippen molar-refractivity contribution in [2.45, 2.75) is 44.6 Å². The van der Waals surface area contributed by atoms with Gasteiger partial charge in [-0.2, -0.15) is 0 Å². The maximum Gasteiger partial charge on any atom is 0.306 e. The van der Waals surface area contributed by atoms with Crippen molar-refractivity contribution in [2.24, 2.45) is 0 Å². The smallest absolute Gasteiger partial charge is 0.306 e. The zero-order chi connectivity index (χ0) is 20.8. The van der Waals surface area contributed by atoms with Crippen LogP contribution in [0.5, 0.6) is 0 Å². The van der Waals surface area contributed by atoms with E-state index in [0.717, 1.165) is 0 Å². The van der Waals surface area contributed by atoms with E-state index >= 15 is 0 Å². The zero-order valence-electron chi connectivity index (χ0n) is 14.3. The summed E-state index contributed by atoms with van der Waals surface area (Å²) in [5.41, 5.74) is 0. The minimum Gasteiger partial charge on any atom is -0.481 e. The zero-order valence-corrected chi connectivity index (χ0v) is 14.3. The summed E-state index contributed by atoms with van der Waals surface area (Å²) in [5, 5.41) is 25.5. The maximum absolute atomic E-state index is 11.6. The molecule has 0 saturated heterocycles. The summed E-state index contributed by atoms with van der Waals surface area (Å²) in [7, 11) is 0. The molecule has 0 aliphatic heterocycles. The summed E-state index contributed by atoms with van der Waals surface area (Å²) < 4.78 is 14.3. The summed E-state index contributed by atoms with van der Waals surface area (Å²) in [6.07, 6.45) is -4.00. The average Bonchev–Trinajstić information content (AvgIpc) is 2.58. The fraction of sp³-hybridized carbons (Fsp3) is 0.600. The van der Waals surface area contributed by atoms with Gasteiger partial charge in [0.05, 0.1) is 38.5 Å². The van der Waals surface area contributed by atoms with Crippen LogP contribution in [-0.2, 0) is 43.0 Å². The molecule has 12 nitrogen and oxygen atoms in total. The average molecular weight is 392 g/mol. The Labute approximate surface area is 153 Å². The lowest BCUT2D eigenvalue weighted by Crippen LogP contribution is -2.31. The number of esters is 3. The minimum atomic E-state index is -1.26. The van der Waals surface area contributed by atoms with Gasteiger partial charge in [0.25, 0.3) is 0 Å². The molecular weight excluding hydrogens is 372 g/mol. The second-order valence-corrected chi connectivity index (χ2v) is 5.16. The third-order valence-corrected chi connectivity index (χ3v) is 2.79.